The van der Waals surface area contributed by atoms with E-state index in [-0.39, 0.29) is 5.91 Å². The quantitative estimate of drug-likeness (QED) is 0.728. The summed E-state index contributed by atoms with van der Waals surface area (Å²) in [4.78, 5) is 14.6. The van der Waals surface area contributed by atoms with Gasteiger partial charge in [-0.05, 0) is 46.7 Å². The maximum Gasteiger partial charge on any atom is 0.239 e. The van der Waals surface area contributed by atoms with Gasteiger partial charge < -0.3 is 10.6 Å². The Bertz CT molecular complexity index is 277. The Morgan fingerprint density at radius 2 is 2.06 bits per heavy atom. The summed E-state index contributed by atoms with van der Waals surface area (Å²) in [6.45, 7) is 6.20. The summed E-state index contributed by atoms with van der Waals surface area (Å²) in [5.74, 6) is 0.119. The van der Waals surface area contributed by atoms with Crippen LogP contribution in [-0.4, -0.2) is 48.6 Å². The third kappa shape index (κ3) is 2.09. The van der Waals surface area contributed by atoms with Gasteiger partial charge in [0.15, 0.2) is 0 Å². The van der Waals surface area contributed by atoms with Crippen LogP contribution >= 0.6 is 0 Å². The lowest BCUT2D eigenvalue weighted by Gasteiger charge is -2.27. The van der Waals surface area contributed by atoms with E-state index in [0.717, 1.165) is 13.0 Å². The van der Waals surface area contributed by atoms with Crippen LogP contribution in [-0.2, 0) is 4.79 Å². The number of amides is 1. The molecule has 1 amide bonds. The van der Waals surface area contributed by atoms with E-state index in [1.807, 2.05) is 20.9 Å². The van der Waals surface area contributed by atoms with Gasteiger partial charge in [-0.25, -0.2) is 0 Å². The van der Waals surface area contributed by atoms with Crippen LogP contribution in [0.15, 0.2) is 0 Å². The molecule has 2 unspecified atom stereocenters. The predicted octanol–water partition coefficient (Wildman–Crippen LogP) is 0.337. The van der Waals surface area contributed by atoms with Gasteiger partial charge in [0.05, 0.1) is 5.54 Å². The molecule has 4 nitrogen and oxygen atoms in total. The Morgan fingerprint density at radius 1 is 1.31 bits per heavy atom. The van der Waals surface area contributed by atoms with Crippen molar-refractivity contribution in [3.05, 3.63) is 0 Å². The molecule has 0 spiro atoms. The van der Waals surface area contributed by atoms with Crippen molar-refractivity contribution in [2.24, 2.45) is 0 Å². The van der Waals surface area contributed by atoms with Crippen molar-refractivity contribution in [1.29, 1.82) is 0 Å². The Morgan fingerprint density at radius 3 is 2.75 bits per heavy atom. The maximum absolute atomic E-state index is 12.0. The largest absolute Gasteiger partial charge is 0.350 e. The van der Waals surface area contributed by atoms with Gasteiger partial charge in [-0.3, -0.25) is 9.69 Å². The number of hydrogen-bond donors (Lipinski definition) is 2. The lowest BCUT2D eigenvalue weighted by molar-refractivity contribution is -0.127. The highest BCUT2D eigenvalue weighted by Crippen LogP contribution is 2.28. The van der Waals surface area contributed by atoms with Crippen molar-refractivity contribution in [3.63, 3.8) is 0 Å². The van der Waals surface area contributed by atoms with Crippen molar-refractivity contribution >= 4 is 5.91 Å². The fourth-order valence-electron chi connectivity index (χ4n) is 2.71. The summed E-state index contributed by atoms with van der Waals surface area (Å²) in [6.07, 6.45) is 3.63. The van der Waals surface area contributed by atoms with Gasteiger partial charge in [0, 0.05) is 18.6 Å². The molecular formula is C12H23N3O. The molecular weight excluding hydrogens is 202 g/mol. The van der Waals surface area contributed by atoms with E-state index in [0.29, 0.717) is 12.1 Å². The van der Waals surface area contributed by atoms with E-state index >= 15 is 0 Å². The second kappa shape index (κ2) is 4.34. The highest BCUT2D eigenvalue weighted by molar-refractivity contribution is 5.85. The van der Waals surface area contributed by atoms with Crippen LogP contribution in [0.5, 0.6) is 0 Å². The van der Waals surface area contributed by atoms with E-state index in [9.17, 15) is 4.79 Å². The fraction of sp³-hybridized carbons (Fsp3) is 0.917. The number of fused-ring (bicyclic) bond motifs is 1. The van der Waals surface area contributed by atoms with Crippen LogP contribution in [0.3, 0.4) is 0 Å². The lowest BCUT2D eigenvalue weighted by atomic mass is 10.0. The standard InChI is InChI=1S/C12H23N3O/c1-12(2,13-3)11(16)14-9-6-8-15-7-4-5-10(9)15/h9-10,13H,4-8H2,1-3H3,(H,14,16). The molecule has 92 valence electrons. The third-order valence-electron chi connectivity index (χ3n) is 4.12. The molecule has 0 radical (unpaired) electrons. The Balaban J connectivity index is 1.93. The number of carbonyl (C=O) groups is 1. The summed E-state index contributed by atoms with van der Waals surface area (Å²) < 4.78 is 0. The molecule has 4 heteroatoms. The number of hydrogen-bond acceptors (Lipinski definition) is 3. The van der Waals surface area contributed by atoms with E-state index in [1.165, 1.54) is 19.4 Å². The molecule has 2 aliphatic heterocycles. The molecule has 2 aliphatic rings. The zero-order valence-corrected chi connectivity index (χ0v) is 10.5. The van der Waals surface area contributed by atoms with E-state index < -0.39 is 5.54 Å². The Hall–Kier alpha value is -0.610. The number of nitrogens with one attached hydrogen (secondary N) is 2. The zero-order valence-electron chi connectivity index (χ0n) is 10.5. The van der Waals surface area contributed by atoms with Gasteiger partial charge in [0.1, 0.15) is 0 Å². The Kier molecular flexibility index (Phi) is 3.22. The number of rotatable bonds is 3. The van der Waals surface area contributed by atoms with Crippen LogP contribution in [0, 0.1) is 0 Å². The second-order valence-corrected chi connectivity index (χ2v) is 5.49. The second-order valence-electron chi connectivity index (χ2n) is 5.49. The fourth-order valence-corrected chi connectivity index (χ4v) is 2.71. The normalized spacial score (nSPS) is 30.4. The van der Waals surface area contributed by atoms with Gasteiger partial charge in [0.2, 0.25) is 5.91 Å². The first-order valence-electron chi connectivity index (χ1n) is 6.28. The van der Waals surface area contributed by atoms with Gasteiger partial charge >= 0.3 is 0 Å². The number of nitrogens with zero attached hydrogens (tertiary/aromatic N) is 1. The first-order valence-corrected chi connectivity index (χ1v) is 6.28. The minimum Gasteiger partial charge on any atom is -0.350 e. The third-order valence-corrected chi connectivity index (χ3v) is 4.12. The number of carbonyl (C=O) groups excluding carboxylic acids is 1. The summed E-state index contributed by atoms with van der Waals surface area (Å²) in [5, 5.41) is 6.25. The van der Waals surface area contributed by atoms with Crippen molar-refractivity contribution in [3.8, 4) is 0 Å². The molecule has 0 aromatic rings. The smallest absolute Gasteiger partial charge is 0.239 e. The first-order chi connectivity index (χ1) is 7.54. The highest BCUT2D eigenvalue weighted by Gasteiger charge is 2.39. The number of likely N-dealkylation sites (N-methyl/N-ethyl adjacent to an activating group) is 1. The summed E-state index contributed by atoms with van der Waals surface area (Å²) in [7, 11) is 1.83. The minimum absolute atomic E-state index is 0.119. The maximum atomic E-state index is 12.0. The monoisotopic (exact) mass is 225 g/mol. The van der Waals surface area contributed by atoms with Crippen molar-refractivity contribution < 1.29 is 4.79 Å². The van der Waals surface area contributed by atoms with E-state index in [2.05, 4.69) is 15.5 Å². The topological polar surface area (TPSA) is 44.4 Å². The van der Waals surface area contributed by atoms with Crippen molar-refractivity contribution in [2.75, 3.05) is 20.1 Å². The highest BCUT2D eigenvalue weighted by atomic mass is 16.2. The van der Waals surface area contributed by atoms with E-state index in [4.69, 9.17) is 0 Å². The molecule has 0 aromatic heterocycles. The molecule has 0 aromatic carbocycles. The summed E-state index contributed by atoms with van der Waals surface area (Å²) >= 11 is 0. The molecule has 0 bridgehead atoms. The summed E-state index contributed by atoms with van der Waals surface area (Å²) in [6, 6.07) is 0.958. The van der Waals surface area contributed by atoms with Crippen LogP contribution in [0.25, 0.3) is 0 Å². The molecule has 2 N–H and O–H groups in total. The molecule has 16 heavy (non-hydrogen) atoms. The van der Waals surface area contributed by atoms with Gasteiger partial charge in [-0.1, -0.05) is 0 Å². The molecule has 2 atom stereocenters. The average molecular weight is 225 g/mol. The van der Waals surface area contributed by atoms with Crippen LogP contribution in [0.1, 0.15) is 33.1 Å². The van der Waals surface area contributed by atoms with Crippen molar-refractivity contribution in [1.82, 2.24) is 15.5 Å². The van der Waals surface area contributed by atoms with E-state index in [1.54, 1.807) is 0 Å². The average Bonchev–Trinajstić information content (AvgIpc) is 2.82. The van der Waals surface area contributed by atoms with Crippen molar-refractivity contribution in [2.45, 2.75) is 50.7 Å². The SMILES string of the molecule is CNC(C)(C)C(=O)NC1CCN2CCCC12. The summed E-state index contributed by atoms with van der Waals surface area (Å²) in [5.41, 5.74) is -0.466. The molecule has 2 fully saturated rings. The van der Waals surface area contributed by atoms with Crippen LogP contribution in [0.2, 0.25) is 0 Å². The van der Waals surface area contributed by atoms with Crippen LogP contribution < -0.4 is 10.6 Å². The first kappa shape index (κ1) is 11.9. The molecule has 0 saturated carbocycles. The zero-order chi connectivity index (χ0) is 11.8. The lowest BCUT2D eigenvalue weighted by Crippen LogP contribution is -2.55. The molecule has 2 saturated heterocycles. The molecule has 0 aliphatic carbocycles. The molecule has 2 heterocycles. The van der Waals surface area contributed by atoms with Gasteiger partial charge in [-0.15, -0.1) is 0 Å². The molecule has 2 rings (SSSR count). The van der Waals surface area contributed by atoms with Crippen LogP contribution in [0.4, 0.5) is 0 Å². The predicted molar refractivity (Wildman–Crippen MR) is 64.3 cm³/mol. The van der Waals surface area contributed by atoms with Gasteiger partial charge in [0.25, 0.3) is 0 Å². The van der Waals surface area contributed by atoms with Gasteiger partial charge in [-0.2, -0.15) is 0 Å². The Labute approximate surface area is 97.8 Å². The minimum atomic E-state index is -0.466.